The molecule has 1 aliphatic heterocycles. The molecule has 2 aromatic heterocycles. The quantitative estimate of drug-likeness (QED) is 0.710. The summed E-state index contributed by atoms with van der Waals surface area (Å²) in [6.07, 6.45) is 1.59. The van der Waals surface area contributed by atoms with Gasteiger partial charge in [-0.2, -0.15) is 5.10 Å². The molecule has 1 amide bonds. The molecule has 136 valence electrons. The number of rotatable bonds is 4. The predicted molar refractivity (Wildman–Crippen MR) is 99.7 cm³/mol. The van der Waals surface area contributed by atoms with Crippen molar-refractivity contribution in [2.45, 2.75) is 6.04 Å². The highest BCUT2D eigenvalue weighted by atomic mass is 16.5. The number of carbonyl (C=O) groups excluding carboxylic acids is 1. The van der Waals surface area contributed by atoms with E-state index in [2.05, 4.69) is 10.1 Å². The molecule has 0 N–H and O–H groups in total. The zero-order valence-corrected chi connectivity index (χ0v) is 14.8. The van der Waals surface area contributed by atoms with E-state index in [1.807, 2.05) is 24.3 Å². The van der Waals surface area contributed by atoms with Crippen LogP contribution in [0, 0.1) is 0 Å². The molecule has 1 fully saturated rings. The molecule has 0 bridgehead atoms. The van der Waals surface area contributed by atoms with E-state index in [4.69, 9.17) is 4.74 Å². The van der Waals surface area contributed by atoms with Crippen molar-refractivity contribution in [2.24, 2.45) is 0 Å². The third-order valence-corrected chi connectivity index (χ3v) is 4.59. The van der Waals surface area contributed by atoms with Crippen molar-refractivity contribution < 1.29 is 9.53 Å². The van der Waals surface area contributed by atoms with Crippen LogP contribution in [0.3, 0.4) is 0 Å². The summed E-state index contributed by atoms with van der Waals surface area (Å²) in [6, 6.07) is 15.8. The van der Waals surface area contributed by atoms with Gasteiger partial charge in [0.1, 0.15) is 11.4 Å². The van der Waals surface area contributed by atoms with E-state index in [-0.39, 0.29) is 17.5 Å². The Bertz CT molecular complexity index is 1030. The number of ether oxygens (including phenoxy) is 1. The molecular formula is C20H18N4O3. The number of pyridine rings is 1. The summed E-state index contributed by atoms with van der Waals surface area (Å²) in [5.74, 6) is 0.552. The SMILES string of the molecule is COc1ccccc1-c1ccc(=O)n(C2CN(C(=O)c3ccccn3)C2)n1. The lowest BCUT2D eigenvalue weighted by Crippen LogP contribution is -2.53. The van der Waals surface area contributed by atoms with Gasteiger partial charge in [-0.1, -0.05) is 18.2 Å². The van der Waals surface area contributed by atoms with E-state index in [9.17, 15) is 9.59 Å². The average molecular weight is 362 g/mol. The lowest BCUT2D eigenvalue weighted by molar-refractivity contribution is 0.0487. The minimum atomic E-state index is -0.191. The fourth-order valence-electron chi connectivity index (χ4n) is 3.11. The van der Waals surface area contributed by atoms with Crippen molar-refractivity contribution in [3.8, 4) is 17.0 Å². The number of amides is 1. The second kappa shape index (κ2) is 7.03. The molecule has 4 rings (SSSR count). The van der Waals surface area contributed by atoms with Crippen LogP contribution in [0.4, 0.5) is 0 Å². The van der Waals surface area contributed by atoms with Crippen molar-refractivity contribution in [3.05, 3.63) is 76.8 Å². The van der Waals surface area contributed by atoms with E-state index in [0.717, 1.165) is 5.56 Å². The van der Waals surface area contributed by atoms with Gasteiger partial charge in [0.2, 0.25) is 0 Å². The number of benzene rings is 1. The lowest BCUT2D eigenvalue weighted by Gasteiger charge is -2.39. The van der Waals surface area contributed by atoms with Gasteiger partial charge in [-0.3, -0.25) is 14.6 Å². The Morgan fingerprint density at radius 1 is 1.07 bits per heavy atom. The molecule has 0 radical (unpaired) electrons. The van der Waals surface area contributed by atoms with Crippen LogP contribution >= 0.6 is 0 Å². The first-order valence-electron chi connectivity index (χ1n) is 8.61. The Labute approximate surface area is 155 Å². The summed E-state index contributed by atoms with van der Waals surface area (Å²) in [5.41, 5.74) is 1.68. The van der Waals surface area contributed by atoms with E-state index >= 15 is 0 Å². The molecule has 7 nitrogen and oxygen atoms in total. The van der Waals surface area contributed by atoms with Crippen LogP contribution in [0.15, 0.2) is 65.6 Å². The minimum absolute atomic E-state index is 0.138. The topological polar surface area (TPSA) is 77.3 Å². The second-order valence-electron chi connectivity index (χ2n) is 6.28. The van der Waals surface area contributed by atoms with Crippen molar-refractivity contribution in [2.75, 3.05) is 20.2 Å². The second-order valence-corrected chi connectivity index (χ2v) is 6.28. The van der Waals surface area contributed by atoms with Gasteiger partial charge >= 0.3 is 0 Å². The van der Waals surface area contributed by atoms with Crippen LogP contribution in [0.25, 0.3) is 11.3 Å². The van der Waals surface area contributed by atoms with E-state index in [1.165, 1.54) is 10.7 Å². The van der Waals surface area contributed by atoms with Crippen LogP contribution in [0.5, 0.6) is 5.75 Å². The zero-order valence-electron chi connectivity index (χ0n) is 14.8. The molecule has 27 heavy (non-hydrogen) atoms. The van der Waals surface area contributed by atoms with Crippen molar-refractivity contribution in [1.29, 1.82) is 0 Å². The van der Waals surface area contributed by atoms with Gasteiger partial charge in [0.05, 0.1) is 18.8 Å². The Morgan fingerprint density at radius 3 is 2.59 bits per heavy atom. The Morgan fingerprint density at radius 2 is 1.85 bits per heavy atom. The largest absolute Gasteiger partial charge is 0.496 e. The molecule has 1 aromatic carbocycles. The number of para-hydroxylation sites is 1. The Balaban J connectivity index is 1.56. The van der Waals surface area contributed by atoms with Gasteiger partial charge in [-0.15, -0.1) is 0 Å². The normalized spacial score (nSPS) is 13.9. The molecule has 0 saturated carbocycles. The number of methoxy groups -OCH3 is 1. The highest BCUT2D eigenvalue weighted by molar-refractivity contribution is 5.92. The number of likely N-dealkylation sites (tertiary alicyclic amines) is 1. The summed E-state index contributed by atoms with van der Waals surface area (Å²) in [5, 5.41) is 4.51. The monoisotopic (exact) mass is 362 g/mol. The smallest absolute Gasteiger partial charge is 0.272 e. The minimum Gasteiger partial charge on any atom is -0.496 e. The van der Waals surface area contributed by atoms with Crippen LogP contribution < -0.4 is 10.3 Å². The Kier molecular flexibility index (Phi) is 4.42. The molecule has 7 heteroatoms. The first-order valence-corrected chi connectivity index (χ1v) is 8.61. The van der Waals surface area contributed by atoms with Gasteiger partial charge in [0, 0.05) is 30.9 Å². The predicted octanol–water partition coefficient (Wildman–Crippen LogP) is 2.01. The maximum atomic E-state index is 12.4. The molecule has 0 unspecified atom stereocenters. The maximum Gasteiger partial charge on any atom is 0.272 e. The molecular weight excluding hydrogens is 344 g/mol. The molecule has 1 aliphatic rings. The number of aromatic nitrogens is 3. The lowest BCUT2D eigenvalue weighted by atomic mass is 10.1. The van der Waals surface area contributed by atoms with Crippen LogP contribution in [-0.4, -0.2) is 45.8 Å². The van der Waals surface area contributed by atoms with E-state index < -0.39 is 0 Å². The standard InChI is InChI=1S/C20H18N4O3/c1-27-18-8-3-2-6-15(18)16-9-10-19(25)24(22-16)14-12-23(13-14)20(26)17-7-4-5-11-21-17/h2-11,14H,12-13H2,1H3. The average Bonchev–Trinajstić information content (AvgIpc) is 2.69. The van der Waals surface area contributed by atoms with E-state index in [1.54, 1.807) is 42.5 Å². The first-order chi connectivity index (χ1) is 13.2. The van der Waals surface area contributed by atoms with Crippen LogP contribution in [-0.2, 0) is 0 Å². The number of hydrogen-bond donors (Lipinski definition) is 0. The first kappa shape index (κ1) is 17.0. The third-order valence-electron chi connectivity index (χ3n) is 4.59. The number of nitrogens with zero attached hydrogens (tertiary/aromatic N) is 4. The molecule has 0 aliphatic carbocycles. The van der Waals surface area contributed by atoms with Gasteiger partial charge in [0.25, 0.3) is 11.5 Å². The van der Waals surface area contributed by atoms with Crippen molar-refractivity contribution in [1.82, 2.24) is 19.7 Å². The van der Waals surface area contributed by atoms with Crippen molar-refractivity contribution in [3.63, 3.8) is 0 Å². The number of hydrogen-bond acceptors (Lipinski definition) is 5. The number of carbonyl (C=O) groups is 1. The van der Waals surface area contributed by atoms with Gasteiger partial charge in [0.15, 0.2) is 0 Å². The van der Waals surface area contributed by atoms with Gasteiger partial charge < -0.3 is 9.64 Å². The molecule has 3 aromatic rings. The van der Waals surface area contributed by atoms with Gasteiger partial charge in [-0.25, -0.2) is 4.68 Å². The molecule has 1 saturated heterocycles. The zero-order chi connectivity index (χ0) is 18.8. The summed E-state index contributed by atoms with van der Waals surface area (Å²) < 4.78 is 6.83. The Hall–Kier alpha value is -3.48. The summed E-state index contributed by atoms with van der Waals surface area (Å²) in [4.78, 5) is 30.4. The van der Waals surface area contributed by atoms with Crippen LogP contribution in [0.1, 0.15) is 16.5 Å². The molecule has 0 spiro atoms. The maximum absolute atomic E-state index is 12.4. The fourth-order valence-corrected chi connectivity index (χ4v) is 3.11. The summed E-state index contributed by atoms with van der Waals surface area (Å²) in [7, 11) is 1.60. The third kappa shape index (κ3) is 3.19. The van der Waals surface area contributed by atoms with Gasteiger partial charge in [-0.05, 0) is 30.3 Å². The fraction of sp³-hybridized carbons (Fsp3) is 0.200. The van der Waals surface area contributed by atoms with E-state index in [0.29, 0.717) is 30.2 Å². The highest BCUT2D eigenvalue weighted by Gasteiger charge is 2.34. The summed E-state index contributed by atoms with van der Waals surface area (Å²) >= 11 is 0. The molecule has 3 heterocycles. The molecule has 0 atom stereocenters. The highest BCUT2D eigenvalue weighted by Crippen LogP contribution is 2.28. The van der Waals surface area contributed by atoms with Crippen LogP contribution in [0.2, 0.25) is 0 Å². The summed E-state index contributed by atoms with van der Waals surface area (Å²) in [6.45, 7) is 0.857. The van der Waals surface area contributed by atoms with Crippen molar-refractivity contribution >= 4 is 5.91 Å².